The van der Waals surface area contributed by atoms with Crippen molar-refractivity contribution < 1.29 is 18.7 Å². The minimum absolute atomic E-state index is 0.0213. The lowest BCUT2D eigenvalue weighted by Gasteiger charge is -2.18. The van der Waals surface area contributed by atoms with Gasteiger partial charge < -0.3 is 14.5 Å². The molecule has 0 bridgehead atoms. The number of amides is 1. The SMILES string of the molecule is Cc1ccc(-c2nnc(SC(C)C(=O)c3ccc4c(c3)NC(=O)CO4)o2)cc1C. The van der Waals surface area contributed by atoms with Gasteiger partial charge in [0, 0.05) is 11.1 Å². The van der Waals surface area contributed by atoms with Gasteiger partial charge in [-0.1, -0.05) is 17.8 Å². The summed E-state index contributed by atoms with van der Waals surface area (Å²) in [6, 6.07) is 10.9. The number of thioether (sulfide) groups is 1. The van der Waals surface area contributed by atoms with Crippen molar-refractivity contribution in [3.05, 3.63) is 53.1 Å². The maximum Gasteiger partial charge on any atom is 0.277 e. The molecule has 148 valence electrons. The second-order valence-corrected chi connectivity index (χ2v) is 8.14. The summed E-state index contributed by atoms with van der Waals surface area (Å²) >= 11 is 1.20. The Hall–Kier alpha value is -3.13. The fraction of sp³-hybridized carbons (Fsp3) is 0.238. The van der Waals surface area contributed by atoms with Gasteiger partial charge in [0.25, 0.3) is 11.1 Å². The van der Waals surface area contributed by atoms with Gasteiger partial charge in [-0.05, 0) is 62.2 Å². The van der Waals surface area contributed by atoms with E-state index in [2.05, 4.69) is 15.5 Å². The van der Waals surface area contributed by atoms with Gasteiger partial charge in [-0.25, -0.2) is 0 Å². The molecular weight excluding hydrogens is 390 g/mol. The molecule has 2 heterocycles. The van der Waals surface area contributed by atoms with Gasteiger partial charge in [0.15, 0.2) is 12.4 Å². The summed E-state index contributed by atoms with van der Waals surface area (Å²) in [4.78, 5) is 24.3. The molecule has 29 heavy (non-hydrogen) atoms. The summed E-state index contributed by atoms with van der Waals surface area (Å²) in [5.74, 6) is 0.623. The van der Waals surface area contributed by atoms with Crippen molar-refractivity contribution in [2.75, 3.05) is 11.9 Å². The van der Waals surface area contributed by atoms with Crippen LogP contribution < -0.4 is 10.1 Å². The highest BCUT2D eigenvalue weighted by Gasteiger charge is 2.23. The smallest absolute Gasteiger partial charge is 0.277 e. The Morgan fingerprint density at radius 3 is 2.76 bits per heavy atom. The van der Waals surface area contributed by atoms with E-state index in [1.54, 1.807) is 25.1 Å². The van der Waals surface area contributed by atoms with E-state index >= 15 is 0 Å². The highest BCUT2D eigenvalue weighted by molar-refractivity contribution is 8.00. The van der Waals surface area contributed by atoms with E-state index < -0.39 is 5.25 Å². The van der Waals surface area contributed by atoms with E-state index in [1.807, 2.05) is 32.0 Å². The van der Waals surface area contributed by atoms with E-state index in [1.165, 1.54) is 17.3 Å². The van der Waals surface area contributed by atoms with Gasteiger partial charge in [0.05, 0.1) is 10.9 Å². The fourth-order valence-corrected chi connectivity index (χ4v) is 3.68. The zero-order valence-electron chi connectivity index (χ0n) is 16.2. The number of carbonyl (C=O) groups excluding carboxylic acids is 2. The first kappa shape index (κ1) is 19.2. The largest absolute Gasteiger partial charge is 0.482 e. The van der Waals surface area contributed by atoms with Crippen molar-refractivity contribution >= 4 is 29.1 Å². The first-order chi connectivity index (χ1) is 13.9. The lowest BCUT2D eigenvalue weighted by Crippen LogP contribution is -2.25. The third-order valence-electron chi connectivity index (χ3n) is 4.70. The van der Waals surface area contributed by atoms with Crippen molar-refractivity contribution in [3.8, 4) is 17.2 Å². The summed E-state index contributed by atoms with van der Waals surface area (Å²) < 4.78 is 11.1. The fourth-order valence-electron chi connectivity index (χ4n) is 2.92. The van der Waals surface area contributed by atoms with Crippen LogP contribution in [-0.4, -0.2) is 33.7 Å². The van der Waals surface area contributed by atoms with Crippen LogP contribution in [0.25, 0.3) is 11.5 Å². The van der Waals surface area contributed by atoms with Crippen LogP contribution in [0.5, 0.6) is 5.75 Å². The molecule has 1 N–H and O–H groups in total. The monoisotopic (exact) mass is 409 g/mol. The number of hydrogen-bond donors (Lipinski definition) is 1. The molecule has 0 fully saturated rings. The Labute approximate surface area is 171 Å². The van der Waals surface area contributed by atoms with E-state index in [0.717, 1.165) is 11.1 Å². The molecular formula is C21H19N3O4S. The maximum absolute atomic E-state index is 12.8. The predicted molar refractivity (Wildman–Crippen MR) is 109 cm³/mol. The quantitative estimate of drug-likeness (QED) is 0.502. The van der Waals surface area contributed by atoms with Gasteiger partial charge in [0.2, 0.25) is 5.89 Å². The number of rotatable bonds is 5. The Kier molecular flexibility index (Phi) is 5.10. The van der Waals surface area contributed by atoms with Crippen LogP contribution in [0.1, 0.15) is 28.4 Å². The van der Waals surface area contributed by atoms with Crippen molar-refractivity contribution in [2.24, 2.45) is 0 Å². The third-order valence-corrected chi connectivity index (χ3v) is 5.64. The van der Waals surface area contributed by atoms with E-state index in [9.17, 15) is 9.59 Å². The van der Waals surface area contributed by atoms with E-state index in [0.29, 0.717) is 28.1 Å². The first-order valence-corrected chi connectivity index (χ1v) is 9.97. The van der Waals surface area contributed by atoms with Crippen LogP contribution in [0.3, 0.4) is 0 Å². The normalized spacial score (nSPS) is 14.0. The van der Waals surface area contributed by atoms with Gasteiger partial charge in [0.1, 0.15) is 5.75 Å². The Morgan fingerprint density at radius 2 is 1.97 bits per heavy atom. The van der Waals surface area contributed by atoms with Gasteiger partial charge in [-0.3, -0.25) is 9.59 Å². The number of aryl methyl sites for hydroxylation is 2. The first-order valence-electron chi connectivity index (χ1n) is 9.09. The number of nitrogens with one attached hydrogen (secondary N) is 1. The van der Waals surface area contributed by atoms with Crippen molar-refractivity contribution in [2.45, 2.75) is 31.2 Å². The number of aromatic nitrogens is 2. The number of Topliss-reactive ketones (excluding diaryl/α,β-unsaturated/α-hetero) is 1. The van der Waals surface area contributed by atoms with Crippen molar-refractivity contribution in [1.82, 2.24) is 10.2 Å². The molecule has 3 aromatic rings. The molecule has 0 aliphatic carbocycles. The zero-order valence-corrected chi connectivity index (χ0v) is 17.0. The maximum atomic E-state index is 12.8. The number of ether oxygens (including phenoxy) is 1. The number of ketones is 1. The van der Waals surface area contributed by atoms with E-state index in [4.69, 9.17) is 9.15 Å². The van der Waals surface area contributed by atoms with Gasteiger partial charge >= 0.3 is 0 Å². The molecule has 1 unspecified atom stereocenters. The molecule has 1 aromatic heterocycles. The molecule has 1 atom stereocenters. The van der Waals surface area contributed by atoms with Crippen LogP contribution in [0.4, 0.5) is 5.69 Å². The Bertz CT molecular complexity index is 1110. The van der Waals surface area contributed by atoms with Crippen LogP contribution >= 0.6 is 11.8 Å². The summed E-state index contributed by atoms with van der Waals surface area (Å²) in [6.07, 6.45) is 0. The zero-order chi connectivity index (χ0) is 20.5. The predicted octanol–water partition coefficient (Wildman–Crippen LogP) is 4.05. The summed E-state index contributed by atoms with van der Waals surface area (Å²) in [5, 5.41) is 10.7. The second-order valence-electron chi connectivity index (χ2n) is 6.84. The minimum Gasteiger partial charge on any atom is -0.482 e. The third kappa shape index (κ3) is 4.02. The molecule has 2 aromatic carbocycles. The van der Waals surface area contributed by atoms with Crippen LogP contribution in [-0.2, 0) is 4.79 Å². The lowest BCUT2D eigenvalue weighted by molar-refractivity contribution is -0.118. The molecule has 1 aliphatic rings. The highest BCUT2D eigenvalue weighted by atomic mass is 32.2. The average molecular weight is 409 g/mol. The summed E-state index contributed by atoms with van der Waals surface area (Å²) in [5.41, 5.74) is 4.15. The summed E-state index contributed by atoms with van der Waals surface area (Å²) in [7, 11) is 0. The highest BCUT2D eigenvalue weighted by Crippen LogP contribution is 2.32. The molecule has 4 rings (SSSR count). The minimum atomic E-state index is -0.443. The average Bonchev–Trinajstić information content (AvgIpc) is 3.17. The number of anilines is 1. The number of benzene rings is 2. The number of carbonyl (C=O) groups is 2. The Balaban J connectivity index is 1.48. The van der Waals surface area contributed by atoms with Crippen LogP contribution in [0, 0.1) is 13.8 Å². The van der Waals surface area contributed by atoms with Crippen LogP contribution in [0.15, 0.2) is 46.0 Å². The molecule has 7 nitrogen and oxygen atoms in total. The molecule has 1 aliphatic heterocycles. The van der Waals surface area contributed by atoms with E-state index in [-0.39, 0.29) is 18.3 Å². The second kappa shape index (κ2) is 7.71. The number of fused-ring (bicyclic) bond motifs is 1. The molecule has 8 heteroatoms. The lowest BCUT2D eigenvalue weighted by atomic mass is 10.1. The van der Waals surface area contributed by atoms with Crippen LogP contribution in [0.2, 0.25) is 0 Å². The Morgan fingerprint density at radius 1 is 1.14 bits per heavy atom. The van der Waals surface area contributed by atoms with Crippen molar-refractivity contribution in [3.63, 3.8) is 0 Å². The molecule has 0 radical (unpaired) electrons. The summed E-state index contributed by atoms with van der Waals surface area (Å²) in [6.45, 7) is 5.82. The topological polar surface area (TPSA) is 94.3 Å². The van der Waals surface area contributed by atoms with Gasteiger partial charge in [-0.2, -0.15) is 0 Å². The van der Waals surface area contributed by atoms with Crippen molar-refractivity contribution in [1.29, 1.82) is 0 Å². The molecule has 0 spiro atoms. The molecule has 0 saturated carbocycles. The standard InChI is InChI=1S/C21H19N3O4S/c1-11-4-5-15(8-12(11)2)20-23-24-21(28-20)29-13(3)19(26)14-6-7-17-16(9-14)22-18(25)10-27-17/h4-9,13H,10H2,1-3H3,(H,22,25). The molecule has 1 amide bonds. The number of hydrogen-bond acceptors (Lipinski definition) is 7. The van der Waals surface area contributed by atoms with Gasteiger partial charge in [-0.15, -0.1) is 10.2 Å². The molecule has 0 saturated heterocycles. The number of nitrogens with zero attached hydrogens (tertiary/aromatic N) is 2.